The van der Waals surface area contributed by atoms with Gasteiger partial charge in [-0.05, 0) is 13.8 Å². The van der Waals surface area contributed by atoms with E-state index in [0.29, 0.717) is 17.6 Å². The van der Waals surface area contributed by atoms with Crippen LogP contribution in [0.1, 0.15) is 27.8 Å². The van der Waals surface area contributed by atoms with E-state index in [1.165, 1.54) is 16.7 Å². The first-order chi connectivity index (χ1) is 8.06. The zero-order valence-electron chi connectivity index (χ0n) is 9.35. The van der Waals surface area contributed by atoms with E-state index in [2.05, 4.69) is 15.3 Å². The molecule has 0 aliphatic rings. The topological polar surface area (TPSA) is 88.2 Å². The van der Waals surface area contributed by atoms with Crippen molar-refractivity contribution < 1.29 is 14.3 Å². The first-order valence-electron chi connectivity index (χ1n) is 4.92. The average molecular weight is 253 g/mol. The molecule has 0 amide bonds. The lowest BCUT2D eigenvalue weighted by molar-refractivity contribution is 0.0691. The molecule has 2 aromatic heterocycles. The van der Waals surface area contributed by atoms with Crippen LogP contribution in [0.4, 0.5) is 5.13 Å². The minimum atomic E-state index is -1.03. The maximum absolute atomic E-state index is 10.6. The van der Waals surface area contributed by atoms with Gasteiger partial charge in [0, 0.05) is 5.38 Å². The molecule has 0 spiro atoms. The number of carbonyl (C=O) groups is 1. The fourth-order valence-corrected chi connectivity index (χ4v) is 1.90. The first kappa shape index (κ1) is 11.6. The van der Waals surface area contributed by atoms with E-state index in [0.717, 1.165) is 11.5 Å². The molecule has 0 atom stereocenters. The summed E-state index contributed by atoms with van der Waals surface area (Å²) in [7, 11) is 0. The van der Waals surface area contributed by atoms with E-state index >= 15 is 0 Å². The SMILES string of the molecule is Cc1nc(CNc2nc(C(=O)O)cs2)oc1C. The lowest BCUT2D eigenvalue weighted by Crippen LogP contribution is -2.01. The Morgan fingerprint density at radius 2 is 2.29 bits per heavy atom. The fourth-order valence-electron chi connectivity index (χ4n) is 1.22. The summed E-state index contributed by atoms with van der Waals surface area (Å²) in [6.07, 6.45) is 0. The van der Waals surface area contributed by atoms with Crippen LogP contribution in [0.2, 0.25) is 0 Å². The minimum Gasteiger partial charge on any atom is -0.476 e. The van der Waals surface area contributed by atoms with Crippen molar-refractivity contribution in [3.05, 3.63) is 28.4 Å². The van der Waals surface area contributed by atoms with Gasteiger partial charge in [0.05, 0.1) is 12.2 Å². The maximum Gasteiger partial charge on any atom is 0.355 e. The lowest BCUT2D eigenvalue weighted by Gasteiger charge is -1.96. The van der Waals surface area contributed by atoms with Crippen LogP contribution >= 0.6 is 11.3 Å². The van der Waals surface area contributed by atoms with Crippen molar-refractivity contribution in [1.82, 2.24) is 9.97 Å². The molecule has 2 rings (SSSR count). The Balaban J connectivity index is 1.99. The Labute approximate surface area is 101 Å². The molecule has 2 aromatic rings. The quantitative estimate of drug-likeness (QED) is 0.867. The van der Waals surface area contributed by atoms with Crippen molar-refractivity contribution in [2.75, 3.05) is 5.32 Å². The number of hydrogen-bond donors (Lipinski definition) is 2. The van der Waals surface area contributed by atoms with Gasteiger partial charge in [0.2, 0.25) is 5.89 Å². The highest BCUT2D eigenvalue weighted by atomic mass is 32.1. The molecule has 0 aliphatic carbocycles. The second-order valence-corrected chi connectivity index (χ2v) is 4.30. The summed E-state index contributed by atoms with van der Waals surface area (Å²) < 4.78 is 5.38. The van der Waals surface area contributed by atoms with Crippen LogP contribution in [-0.4, -0.2) is 21.0 Å². The number of nitrogens with one attached hydrogen (secondary N) is 1. The maximum atomic E-state index is 10.6. The van der Waals surface area contributed by atoms with E-state index in [9.17, 15) is 4.79 Å². The number of carboxylic acid groups (broad SMARTS) is 1. The van der Waals surface area contributed by atoms with Crippen molar-refractivity contribution in [3.63, 3.8) is 0 Å². The van der Waals surface area contributed by atoms with Crippen LogP contribution in [-0.2, 0) is 6.54 Å². The Hall–Kier alpha value is -1.89. The van der Waals surface area contributed by atoms with Crippen molar-refractivity contribution in [2.45, 2.75) is 20.4 Å². The Morgan fingerprint density at radius 1 is 1.53 bits per heavy atom. The molecule has 0 bridgehead atoms. The van der Waals surface area contributed by atoms with Crippen LogP contribution in [0.3, 0.4) is 0 Å². The van der Waals surface area contributed by atoms with Gasteiger partial charge in [0.25, 0.3) is 0 Å². The monoisotopic (exact) mass is 253 g/mol. The standard InChI is InChI=1S/C10H11N3O3S/c1-5-6(2)16-8(12-5)3-11-10-13-7(4-17-10)9(14)15/h4H,3H2,1-2H3,(H,11,13)(H,14,15). The predicted octanol–water partition coefficient (Wildman–Crippen LogP) is 2.06. The minimum absolute atomic E-state index is 0.0391. The van der Waals surface area contributed by atoms with E-state index < -0.39 is 5.97 Å². The molecule has 0 saturated carbocycles. The number of thiazole rings is 1. The van der Waals surface area contributed by atoms with Crippen molar-refractivity contribution >= 4 is 22.4 Å². The molecular weight excluding hydrogens is 242 g/mol. The number of hydrogen-bond acceptors (Lipinski definition) is 6. The van der Waals surface area contributed by atoms with E-state index in [1.807, 2.05) is 13.8 Å². The Kier molecular flexibility index (Phi) is 3.10. The third kappa shape index (κ3) is 2.62. The number of oxazole rings is 1. The molecule has 2 heterocycles. The smallest absolute Gasteiger partial charge is 0.355 e. The zero-order chi connectivity index (χ0) is 12.4. The van der Waals surface area contributed by atoms with Gasteiger partial charge in [-0.15, -0.1) is 11.3 Å². The van der Waals surface area contributed by atoms with Gasteiger partial charge in [-0.1, -0.05) is 0 Å². The normalized spacial score (nSPS) is 10.5. The average Bonchev–Trinajstić information content (AvgIpc) is 2.84. The van der Waals surface area contributed by atoms with Crippen LogP contribution in [0.5, 0.6) is 0 Å². The molecular formula is C10H11N3O3S. The molecule has 0 radical (unpaired) electrons. The number of nitrogens with zero attached hydrogens (tertiary/aromatic N) is 2. The third-order valence-corrected chi connectivity index (χ3v) is 2.99. The number of carboxylic acids is 1. The van der Waals surface area contributed by atoms with Gasteiger partial charge in [-0.25, -0.2) is 14.8 Å². The second kappa shape index (κ2) is 4.54. The summed E-state index contributed by atoms with van der Waals surface area (Å²) in [5.74, 6) is 0.316. The number of aromatic nitrogens is 2. The van der Waals surface area contributed by atoms with Gasteiger partial charge >= 0.3 is 5.97 Å². The van der Waals surface area contributed by atoms with Crippen LogP contribution < -0.4 is 5.32 Å². The van der Waals surface area contributed by atoms with E-state index in [1.54, 1.807) is 0 Å². The third-order valence-electron chi connectivity index (χ3n) is 2.19. The molecule has 0 saturated heterocycles. The first-order valence-corrected chi connectivity index (χ1v) is 5.80. The number of aromatic carboxylic acids is 1. The number of anilines is 1. The van der Waals surface area contributed by atoms with Gasteiger partial charge in [-0.3, -0.25) is 0 Å². The summed E-state index contributed by atoms with van der Waals surface area (Å²) in [5.41, 5.74) is 0.893. The summed E-state index contributed by atoms with van der Waals surface area (Å²) in [6, 6.07) is 0. The molecule has 7 heteroatoms. The highest BCUT2D eigenvalue weighted by molar-refractivity contribution is 7.13. The van der Waals surface area contributed by atoms with Crippen molar-refractivity contribution in [2.24, 2.45) is 0 Å². The molecule has 6 nitrogen and oxygen atoms in total. The van der Waals surface area contributed by atoms with Crippen LogP contribution in [0.15, 0.2) is 9.80 Å². The van der Waals surface area contributed by atoms with Gasteiger partial charge in [0.15, 0.2) is 10.8 Å². The molecule has 90 valence electrons. The van der Waals surface area contributed by atoms with E-state index in [4.69, 9.17) is 9.52 Å². The fraction of sp³-hybridized carbons (Fsp3) is 0.300. The summed E-state index contributed by atoms with van der Waals surface area (Å²) >= 11 is 1.24. The summed E-state index contributed by atoms with van der Waals surface area (Å²) in [5, 5.41) is 13.7. The van der Waals surface area contributed by atoms with Crippen molar-refractivity contribution in [3.8, 4) is 0 Å². The Bertz CT molecular complexity index is 527. The van der Waals surface area contributed by atoms with Gasteiger partial charge in [-0.2, -0.15) is 0 Å². The zero-order valence-corrected chi connectivity index (χ0v) is 10.2. The van der Waals surface area contributed by atoms with E-state index in [-0.39, 0.29) is 5.69 Å². The van der Waals surface area contributed by atoms with Crippen LogP contribution in [0.25, 0.3) is 0 Å². The van der Waals surface area contributed by atoms with Gasteiger partial charge in [0.1, 0.15) is 5.76 Å². The van der Waals surface area contributed by atoms with Gasteiger partial charge < -0.3 is 14.8 Å². The van der Waals surface area contributed by atoms with Crippen LogP contribution in [0, 0.1) is 13.8 Å². The molecule has 0 aromatic carbocycles. The summed E-state index contributed by atoms with van der Waals surface area (Å²) in [4.78, 5) is 18.7. The van der Waals surface area contributed by atoms with Crippen molar-refractivity contribution in [1.29, 1.82) is 0 Å². The molecule has 0 aliphatic heterocycles. The second-order valence-electron chi connectivity index (χ2n) is 3.45. The highest BCUT2D eigenvalue weighted by Crippen LogP contribution is 2.17. The molecule has 17 heavy (non-hydrogen) atoms. The summed E-state index contributed by atoms with van der Waals surface area (Å²) in [6.45, 7) is 4.10. The largest absolute Gasteiger partial charge is 0.476 e. The highest BCUT2D eigenvalue weighted by Gasteiger charge is 2.09. The molecule has 2 N–H and O–H groups in total. The number of aryl methyl sites for hydroxylation is 2. The predicted molar refractivity (Wildman–Crippen MR) is 62.4 cm³/mol. The lowest BCUT2D eigenvalue weighted by atomic mass is 10.4. The molecule has 0 unspecified atom stereocenters. The molecule has 0 fully saturated rings. The number of rotatable bonds is 4. The Morgan fingerprint density at radius 3 is 2.82 bits per heavy atom.